The fourth-order valence-corrected chi connectivity index (χ4v) is 3.73. The second-order valence-corrected chi connectivity index (χ2v) is 7.49. The van der Waals surface area contributed by atoms with Gasteiger partial charge in [0, 0.05) is 24.7 Å². The van der Waals surface area contributed by atoms with Crippen molar-refractivity contribution in [2.24, 2.45) is 13.0 Å². The summed E-state index contributed by atoms with van der Waals surface area (Å²) in [4.78, 5) is 12.3. The molecule has 3 rings (SSSR count). The SMILES string of the molecule is Cn1c(Cl)c(-c2cc(C(=O)NCC3CC3)c(Cl)cc2F)c(Cl)c1C(F)(F)F. The summed E-state index contributed by atoms with van der Waals surface area (Å²) < 4.78 is 54.8. The lowest BCUT2D eigenvalue weighted by Crippen LogP contribution is -2.25. The van der Waals surface area contributed by atoms with Gasteiger partial charge in [-0.05, 0) is 30.9 Å². The van der Waals surface area contributed by atoms with Crippen LogP contribution in [0.15, 0.2) is 12.1 Å². The van der Waals surface area contributed by atoms with E-state index in [2.05, 4.69) is 5.32 Å². The third kappa shape index (κ3) is 3.91. The maximum atomic E-state index is 14.5. The topological polar surface area (TPSA) is 34.0 Å². The fourth-order valence-electron chi connectivity index (χ4n) is 2.73. The minimum Gasteiger partial charge on any atom is -0.352 e. The normalized spacial score (nSPS) is 14.5. The Morgan fingerprint density at radius 3 is 2.41 bits per heavy atom. The lowest BCUT2D eigenvalue weighted by molar-refractivity contribution is -0.142. The summed E-state index contributed by atoms with van der Waals surface area (Å²) in [6, 6.07) is 1.92. The first-order chi connectivity index (χ1) is 12.5. The Hall–Kier alpha value is -1.44. The van der Waals surface area contributed by atoms with Gasteiger partial charge in [0.1, 0.15) is 16.7 Å². The number of benzene rings is 1. The first-order valence-electron chi connectivity index (χ1n) is 7.90. The van der Waals surface area contributed by atoms with E-state index in [-0.39, 0.29) is 21.7 Å². The van der Waals surface area contributed by atoms with Gasteiger partial charge in [-0.3, -0.25) is 4.79 Å². The van der Waals surface area contributed by atoms with Gasteiger partial charge in [-0.15, -0.1) is 0 Å². The highest BCUT2D eigenvalue weighted by molar-refractivity contribution is 6.40. The number of hydrogen-bond acceptors (Lipinski definition) is 1. The molecule has 1 fully saturated rings. The zero-order chi connectivity index (χ0) is 20.1. The number of nitrogens with zero attached hydrogens (tertiary/aromatic N) is 1. The van der Waals surface area contributed by atoms with E-state index in [1.165, 1.54) is 0 Å². The Kier molecular flexibility index (Phi) is 5.40. The quantitative estimate of drug-likeness (QED) is 0.582. The number of alkyl halides is 3. The van der Waals surface area contributed by atoms with Crippen molar-refractivity contribution in [3.8, 4) is 11.1 Å². The molecule has 0 aliphatic heterocycles. The number of nitrogens with one attached hydrogen (secondary N) is 1. The van der Waals surface area contributed by atoms with Crippen molar-refractivity contribution in [2.45, 2.75) is 19.0 Å². The number of rotatable bonds is 4. The van der Waals surface area contributed by atoms with Crippen LogP contribution in [0.2, 0.25) is 15.2 Å². The molecule has 2 aromatic rings. The predicted octanol–water partition coefficient (Wildman–Crippen LogP) is 5.95. The molecule has 27 heavy (non-hydrogen) atoms. The number of aromatic nitrogens is 1. The van der Waals surface area contributed by atoms with E-state index in [0.717, 1.165) is 32.0 Å². The molecule has 1 aromatic carbocycles. The summed E-state index contributed by atoms with van der Waals surface area (Å²) in [6.07, 6.45) is -2.77. The maximum absolute atomic E-state index is 14.5. The van der Waals surface area contributed by atoms with Crippen molar-refractivity contribution in [3.63, 3.8) is 0 Å². The standard InChI is InChI=1S/C17H13Cl3F4N2O/c1-26-14(17(22,23)24)13(19)12(15(26)20)9-4-8(10(18)5-11(9)21)16(27)25-6-7-2-3-7/h4-5,7H,2-3,6H2,1H3,(H,25,27). The van der Waals surface area contributed by atoms with E-state index in [1.54, 1.807) is 0 Å². The van der Waals surface area contributed by atoms with Crippen LogP contribution in [-0.2, 0) is 13.2 Å². The first kappa shape index (κ1) is 20.3. The molecule has 0 bridgehead atoms. The highest BCUT2D eigenvalue weighted by Gasteiger charge is 2.40. The Morgan fingerprint density at radius 1 is 1.26 bits per heavy atom. The Morgan fingerprint density at radius 2 is 1.89 bits per heavy atom. The molecule has 3 nitrogen and oxygen atoms in total. The predicted molar refractivity (Wildman–Crippen MR) is 95.9 cm³/mol. The van der Waals surface area contributed by atoms with Crippen LogP contribution in [0.1, 0.15) is 28.9 Å². The second-order valence-electron chi connectivity index (χ2n) is 6.35. The van der Waals surface area contributed by atoms with Crippen LogP contribution >= 0.6 is 34.8 Å². The average Bonchev–Trinajstić information content (AvgIpc) is 3.34. The summed E-state index contributed by atoms with van der Waals surface area (Å²) in [5.41, 5.74) is -1.97. The lowest BCUT2D eigenvalue weighted by Gasteiger charge is -2.10. The zero-order valence-corrected chi connectivity index (χ0v) is 16.1. The van der Waals surface area contributed by atoms with Gasteiger partial charge in [0.05, 0.1) is 15.6 Å². The van der Waals surface area contributed by atoms with E-state index in [1.807, 2.05) is 0 Å². The van der Waals surface area contributed by atoms with Crippen molar-refractivity contribution in [1.29, 1.82) is 0 Å². The molecular weight excluding hydrogens is 431 g/mol. The number of hydrogen-bond donors (Lipinski definition) is 1. The minimum absolute atomic E-state index is 0.0711. The molecule has 1 N–H and O–H groups in total. The van der Waals surface area contributed by atoms with Crippen LogP contribution in [-0.4, -0.2) is 17.0 Å². The molecule has 0 unspecified atom stereocenters. The molecule has 1 amide bonds. The van der Waals surface area contributed by atoms with Gasteiger partial charge in [0.25, 0.3) is 5.91 Å². The van der Waals surface area contributed by atoms with E-state index in [9.17, 15) is 22.4 Å². The molecule has 1 saturated carbocycles. The zero-order valence-electron chi connectivity index (χ0n) is 13.9. The highest BCUT2D eigenvalue weighted by Crippen LogP contribution is 2.46. The first-order valence-corrected chi connectivity index (χ1v) is 9.04. The lowest BCUT2D eigenvalue weighted by atomic mass is 10.0. The van der Waals surface area contributed by atoms with Crippen LogP contribution in [0.3, 0.4) is 0 Å². The molecule has 0 atom stereocenters. The van der Waals surface area contributed by atoms with E-state index < -0.39 is 33.8 Å². The number of carbonyl (C=O) groups excluding carboxylic acids is 1. The number of carbonyl (C=O) groups is 1. The van der Waals surface area contributed by atoms with Gasteiger partial charge >= 0.3 is 6.18 Å². The summed E-state index contributed by atoms with van der Waals surface area (Å²) in [7, 11) is 1.07. The Bertz CT molecular complexity index is 920. The van der Waals surface area contributed by atoms with Gasteiger partial charge in [-0.1, -0.05) is 34.8 Å². The molecule has 0 radical (unpaired) electrons. The number of amides is 1. The van der Waals surface area contributed by atoms with Crippen LogP contribution in [0, 0.1) is 11.7 Å². The summed E-state index contributed by atoms with van der Waals surface area (Å²) in [5, 5.41) is 1.36. The molecule has 0 spiro atoms. The van der Waals surface area contributed by atoms with Crippen molar-refractivity contribution in [3.05, 3.63) is 44.4 Å². The van der Waals surface area contributed by atoms with Gasteiger partial charge in [-0.2, -0.15) is 13.2 Å². The van der Waals surface area contributed by atoms with Crippen LogP contribution in [0.25, 0.3) is 11.1 Å². The monoisotopic (exact) mass is 442 g/mol. The second kappa shape index (κ2) is 7.18. The largest absolute Gasteiger partial charge is 0.432 e. The van der Waals surface area contributed by atoms with Crippen molar-refractivity contribution in [1.82, 2.24) is 9.88 Å². The third-order valence-electron chi connectivity index (χ3n) is 4.35. The Labute approximate surface area is 167 Å². The van der Waals surface area contributed by atoms with Gasteiger partial charge < -0.3 is 9.88 Å². The summed E-state index contributed by atoms with van der Waals surface area (Å²) in [6.45, 7) is 0.451. The molecule has 1 aliphatic carbocycles. The van der Waals surface area contributed by atoms with Gasteiger partial charge in [0.2, 0.25) is 0 Å². The molecule has 1 heterocycles. The fraction of sp³-hybridized carbons (Fsp3) is 0.353. The number of halogens is 7. The van der Waals surface area contributed by atoms with Gasteiger partial charge in [0.15, 0.2) is 0 Å². The smallest absolute Gasteiger partial charge is 0.352 e. The summed E-state index contributed by atoms with van der Waals surface area (Å²) in [5.74, 6) is -1.09. The molecule has 1 aliphatic rings. The van der Waals surface area contributed by atoms with Crippen molar-refractivity contribution < 1.29 is 22.4 Å². The van der Waals surface area contributed by atoms with Gasteiger partial charge in [-0.25, -0.2) is 4.39 Å². The molecule has 146 valence electrons. The Balaban J connectivity index is 2.09. The van der Waals surface area contributed by atoms with E-state index in [0.29, 0.717) is 17.0 Å². The van der Waals surface area contributed by atoms with Crippen LogP contribution in [0.4, 0.5) is 17.6 Å². The van der Waals surface area contributed by atoms with Crippen molar-refractivity contribution in [2.75, 3.05) is 6.54 Å². The van der Waals surface area contributed by atoms with E-state index >= 15 is 0 Å². The molecular formula is C17H13Cl3F4N2O. The van der Waals surface area contributed by atoms with Crippen LogP contribution < -0.4 is 5.32 Å². The van der Waals surface area contributed by atoms with Crippen molar-refractivity contribution >= 4 is 40.7 Å². The van der Waals surface area contributed by atoms with E-state index in [4.69, 9.17) is 34.8 Å². The third-order valence-corrected chi connectivity index (χ3v) is 5.47. The maximum Gasteiger partial charge on any atom is 0.432 e. The molecule has 1 aromatic heterocycles. The van der Waals surface area contributed by atoms with Crippen LogP contribution in [0.5, 0.6) is 0 Å². The molecule has 10 heteroatoms. The summed E-state index contributed by atoms with van der Waals surface area (Å²) >= 11 is 17.8. The average molecular weight is 444 g/mol. The molecule has 0 saturated heterocycles. The minimum atomic E-state index is -4.79. The highest BCUT2D eigenvalue weighted by atomic mass is 35.5.